The Labute approximate surface area is 166 Å². The van der Waals surface area contributed by atoms with Gasteiger partial charge in [0.05, 0.1) is 18.6 Å². The molecule has 1 saturated heterocycles. The van der Waals surface area contributed by atoms with Crippen LogP contribution >= 0.6 is 0 Å². The van der Waals surface area contributed by atoms with Gasteiger partial charge in [-0.2, -0.15) is 0 Å². The molecule has 0 aliphatic carbocycles. The molecule has 0 spiro atoms. The maximum Gasteiger partial charge on any atom is 0.227 e. The first kappa shape index (κ1) is 20.4. The Kier molecular flexibility index (Phi) is 6.36. The first-order valence-corrected chi connectivity index (χ1v) is 11.0. The Morgan fingerprint density at radius 1 is 1.11 bits per heavy atom. The van der Waals surface area contributed by atoms with E-state index >= 15 is 0 Å². The summed E-state index contributed by atoms with van der Waals surface area (Å²) in [7, 11) is -1.84. The van der Waals surface area contributed by atoms with E-state index in [9.17, 15) is 13.2 Å². The number of nitrogens with one attached hydrogen (secondary N) is 1. The summed E-state index contributed by atoms with van der Waals surface area (Å²) < 4.78 is 32.3. The van der Waals surface area contributed by atoms with Crippen LogP contribution in [0.3, 0.4) is 0 Å². The molecule has 150 valence electrons. The lowest BCUT2D eigenvalue weighted by Gasteiger charge is -2.30. The Hall–Kier alpha value is -2.38. The number of ether oxygens (including phenoxy) is 1. The number of rotatable bonds is 6. The number of carbonyl (C=O) groups is 1. The summed E-state index contributed by atoms with van der Waals surface area (Å²) in [5.74, 6) is 0.293. The zero-order valence-electron chi connectivity index (χ0n) is 16.2. The smallest absolute Gasteiger partial charge is 0.227 e. The van der Waals surface area contributed by atoms with Crippen molar-refractivity contribution < 1.29 is 17.9 Å². The van der Waals surface area contributed by atoms with Crippen molar-refractivity contribution in [1.29, 1.82) is 0 Å². The Morgan fingerprint density at radius 2 is 1.75 bits per heavy atom. The van der Waals surface area contributed by atoms with E-state index in [1.165, 1.54) is 4.31 Å². The van der Waals surface area contributed by atoms with Crippen LogP contribution in [-0.4, -0.2) is 38.8 Å². The lowest BCUT2D eigenvalue weighted by atomic mass is 9.97. The fraction of sp³-hybridized carbons (Fsp3) is 0.381. The standard InChI is InChI=1S/C21H26N2O4S/c1-16-7-3-4-8-18(16)15-28(25,26)23-13-11-17(12-14-23)21(24)22-19-9-5-6-10-20(19)27-2/h3-10,17H,11-15H2,1-2H3,(H,22,24). The van der Waals surface area contributed by atoms with Gasteiger partial charge in [-0.15, -0.1) is 0 Å². The quantitative estimate of drug-likeness (QED) is 0.805. The van der Waals surface area contributed by atoms with Crippen molar-refractivity contribution in [1.82, 2.24) is 4.31 Å². The third-order valence-electron chi connectivity index (χ3n) is 5.18. The van der Waals surface area contributed by atoms with Gasteiger partial charge in [0, 0.05) is 19.0 Å². The second-order valence-corrected chi connectivity index (χ2v) is 9.01. The summed E-state index contributed by atoms with van der Waals surface area (Å²) in [4.78, 5) is 12.6. The highest BCUT2D eigenvalue weighted by Crippen LogP contribution is 2.27. The maximum absolute atomic E-state index is 12.8. The maximum atomic E-state index is 12.8. The molecule has 0 atom stereocenters. The third kappa shape index (κ3) is 4.72. The summed E-state index contributed by atoms with van der Waals surface area (Å²) >= 11 is 0. The molecule has 2 aromatic rings. The molecule has 0 unspecified atom stereocenters. The Bertz CT molecular complexity index is 935. The molecule has 1 fully saturated rings. The number of benzene rings is 2. The molecule has 6 nitrogen and oxygen atoms in total. The molecule has 1 aliphatic heterocycles. The van der Waals surface area contributed by atoms with Crippen molar-refractivity contribution in [2.75, 3.05) is 25.5 Å². The summed E-state index contributed by atoms with van der Waals surface area (Å²) in [6, 6.07) is 14.8. The second kappa shape index (κ2) is 8.75. The van der Waals surface area contributed by atoms with E-state index in [4.69, 9.17) is 4.74 Å². The highest BCUT2D eigenvalue weighted by Gasteiger charge is 2.31. The molecule has 1 aliphatic rings. The lowest BCUT2D eigenvalue weighted by molar-refractivity contribution is -0.120. The molecule has 0 radical (unpaired) electrons. The van der Waals surface area contributed by atoms with Gasteiger partial charge in [-0.05, 0) is 43.0 Å². The minimum absolute atomic E-state index is 0.00223. The largest absolute Gasteiger partial charge is 0.495 e. The van der Waals surface area contributed by atoms with Crippen LogP contribution in [0.4, 0.5) is 5.69 Å². The number of carbonyl (C=O) groups excluding carboxylic acids is 1. The number of sulfonamides is 1. The molecule has 1 N–H and O–H groups in total. The van der Waals surface area contributed by atoms with Crippen LogP contribution in [0.2, 0.25) is 0 Å². The van der Waals surface area contributed by atoms with Crippen molar-refractivity contribution >= 4 is 21.6 Å². The number of hydrogen-bond acceptors (Lipinski definition) is 4. The summed E-state index contributed by atoms with van der Waals surface area (Å²) in [5, 5.41) is 2.90. The molecular weight excluding hydrogens is 376 g/mol. The molecule has 7 heteroatoms. The fourth-order valence-corrected chi connectivity index (χ4v) is 5.11. The van der Waals surface area contributed by atoms with E-state index in [1.54, 1.807) is 19.2 Å². The second-order valence-electron chi connectivity index (χ2n) is 7.05. The molecule has 1 heterocycles. The van der Waals surface area contributed by atoms with Crippen molar-refractivity contribution in [2.24, 2.45) is 5.92 Å². The van der Waals surface area contributed by atoms with Crippen LogP contribution in [0.1, 0.15) is 24.0 Å². The molecular formula is C21H26N2O4S. The van der Waals surface area contributed by atoms with Gasteiger partial charge in [0.25, 0.3) is 0 Å². The van der Waals surface area contributed by atoms with Gasteiger partial charge in [0.2, 0.25) is 15.9 Å². The van der Waals surface area contributed by atoms with Crippen molar-refractivity contribution in [3.8, 4) is 5.75 Å². The number of para-hydroxylation sites is 2. The number of methoxy groups -OCH3 is 1. The molecule has 28 heavy (non-hydrogen) atoms. The third-order valence-corrected chi connectivity index (χ3v) is 7.01. The van der Waals surface area contributed by atoms with Crippen LogP contribution in [0.5, 0.6) is 5.75 Å². The van der Waals surface area contributed by atoms with Crippen LogP contribution in [-0.2, 0) is 20.6 Å². The average Bonchev–Trinajstić information content (AvgIpc) is 2.70. The first-order chi connectivity index (χ1) is 13.4. The number of hydrogen-bond donors (Lipinski definition) is 1. The van der Waals surface area contributed by atoms with Crippen LogP contribution < -0.4 is 10.1 Å². The van der Waals surface area contributed by atoms with Crippen LogP contribution in [0.15, 0.2) is 48.5 Å². The lowest BCUT2D eigenvalue weighted by Crippen LogP contribution is -2.42. The minimum atomic E-state index is -3.40. The van der Waals surface area contributed by atoms with Gasteiger partial charge in [-0.25, -0.2) is 12.7 Å². The first-order valence-electron chi connectivity index (χ1n) is 9.37. The number of anilines is 1. The van der Waals surface area contributed by atoms with Gasteiger partial charge in [0.15, 0.2) is 0 Å². The molecule has 0 aromatic heterocycles. The highest BCUT2D eigenvalue weighted by atomic mass is 32.2. The average molecular weight is 403 g/mol. The number of aryl methyl sites for hydroxylation is 1. The van der Waals surface area contributed by atoms with Crippen molar-refractivity contribution in [3.63, 3.8) is 0 Å². The normalized spacial score (nSPS) is 15.9. The number of piperidine rings is 1. The minimum Gasteiger partial charge on any atom is -0.495 e. The Morgan fingerprint density at radius 3 is 2.43 bits per heavy atom. The van der Waals surface area contributed by atoms with Crippen LogP contribution in [0.25, 0.3) is 0 Å². The van der Waals surface area contributed by atoms with Crippen LogP contribution in [0, 0.1) is 12.8 Å². The molecule has 0 saturated carbocycles. The monoisotopic (exact) mass is 402 g/mol. The summed E-state index contributed by atoms with van der Waals surface area (Å²) in [6.07, 6.45) is 1.02. The summed E-state index contributed by atoms with van der Waals surface area (Å²) in [6.45, 7) is 2.63. The molecule has 1 amide bonds. The fourth-order valence-electron chi connectivity index (χ4n) is 3.44. The van der Waals surface area contributed by atoms with Gasteiger partial charge in [-0.3, -0.25) is 4.79 Å². The molecule has 0 bridgehead atoms. The predicted octanol–water partition coefficient (Wildman–Crippen LogP) is 3.18. The van der Waals surface area contributed by atoms with Gasteiger partial charge in [-0.1, -0.05) is 36.4 Å². The van der Waals surface area contributed by atoms with E-state index in [-0.39, 0.29) is 17.6 Å². The Balaban J connectivity index is 1.59. The van der Waals surface area contributed by atoms with Crippen molar-refractivity contribution in [3.05, 3.63) is 59.7 Å². The van der Waals surface area contributed by atoms with E-state index in [0.29, 0.717) is 37.4 Å². The molecule has 3 rings (SSSR count). The zero-order valence-corrected chi connectivity index (χ0v) is 17.0. The van der Waals surface area contributed by atoms with Crippen molar-refractivity contribution in [2.45, 2.75) is 25.5 Å². The van der Waals surface area contributed by atoms with E-state index < -0.39 is 10.0 Å². The highest BCUT2D eigenvalue weighted by molar-refractivity contribution is 7.88. The number of nitrogens with zero attached hydrogens (tertiary/aromatic N) is 1. The summed E-state index contributed by atoms with van der Waals surface area (Å²) in [5.41, 5.74) is 2.42. The topological polar surface area (TPSA) is 75.7 Å². The van der Waals surface area contributed by atoms with E-state index in [2.05, 4.69) is 5.32 Å². The van der Waals surface area contributed by atoms with Gasteiger partial charge < -0.3 is 10.1 Å². The van der Waals surface area contributed by atoms with E-state index in [0.717, 1.165) is 11.1 Å². The van der Waals surface area contributed by atoms with Gasteiger partial charge in [0.1, 0.15) is 5.75 Å². The zero-order chi connectivity index (χ0) is 20.1. The van der Waals surface area contributed by atoms with E-state index in [1.807, 2.05) is 43.3 Å². The number of amides is 1. The predicted molar refractivity (Wildman–Crippen MR) is 110 cm³/mol. The molecule has 2 aromatic carbocycles. The van der Waals surface area contributed by atoms with Gasteiger partial charge >= 0.3 is 0 Å². The SMILES string of the molecule is COc1ccccc1NC(=O)C1CCN(S(=O)(=O)Cc2ccccc2C)CC1.